The first-order chi connectivity index (χ1) is 12.7. The van der Waals surface area contributed by atoms with E-state index in [4.69, 9.17) is 5.11 Å². The van der Waals surface area contributed by atoms with Crippen LogP contribution in [0, 0.1) is 0 Å². The van der Waals surface area contributed by atoms with Crippen molar-refractivity contribution in [3.63, 3.8) is 0 Å². The highest BCUT2D eigenvalue weighted by atomic mass is 19.4. The molecular weight excluding hydrogens is 369 g/mol. The van der Waals surface area contributed by atoms with Gasteiger partial charge < -0.3 is 15.2 Å². The fraction of sp³-hybridized carbons (Fsp3) is 0.250. The first-order valence-electron chi connectivity index (χ1n) is 7.62. The molecule has 0 bridgehead atoms. The summed E-state index contributed by atoms with van der Waals surface area (Å²) in [6.45, 7) is -1.55. The lowest BCUT2D eigenvalue weighted by Gasteiger charge is -2.10. The van der Waals surface area contributed by atoms with Crippen LogP contribution in [0.5, 0.6) is 6.01 Å². The van der Waals surface area contributed by atoms with Crippen LogP contribution in [0.4, 0.5) is 29.5 Å². The van der Waals surface area contributed by atoms with Crippen molar-refractivity contribution in [2.75, 3.05) is 17.2 Å². The molecule has 0 saturated heterocycles. The van der Waals surface area contributed by atoms with Crippen LogP contribution >= 0.6 is 0 Å². The highest BCUT2D eigenvalue weighted by Gasteiger charge is 2.29. The van der Waals surface area contributed by atoms with Gasteiger partial charge in [0.05, 0.1) is 0 Å². The molecular formula is C16H15F3N4O4. The second-order valence-corrected chi connectivity index (χ2v) is 5.30. The molecule has 0 spiro atoms. The average Bonchev–Trinajstić information content (AvgIpc) is 2.58. The standard InChI is InChI=1S/C16H15F3N4O4/c17-16(18,19)9-27-15-20-7-6-12(23-15)22-14(26)21-11-3-1-2-10(8-11)4-5-13(24)25/h1-3,6-8H,4-5,9H2,(H,24,25)(H2,20,21,22,23,26). The van der Waals surface area contributed by atoms with Gasteiger partial charge in [0.2, 0.25) is 0 Å². The van der Waals surface area contributed by atoms with E-state index in [9.17, 15) is 22.8 Å². The molecule has 0 aliphatic rings. The topological polar surface area (TPSA) is 113 Å². The Morgan fingerprint density at radius 3 is 2.67 bits per heavy atom. The predicted octanol–water partition coefficient (Wildman–Crippen LogP) is 3.08. The molecule has 27 heavy (non-hydrogen) atoms. The van der Waals surface area contributed by atoms with Gasteiger partial charge in [0.1, 0.15) is 5.82 Å². The molecule has 11 heteroatoms. The number of halogens is 3. The predicted molar refractivity (Wildman–Crippen MR) is 88.6 cm³/mol. The summed E-state index contributed by atoms with van der Waals surface area (Å²) in [6.07, 6.45) is -3.13. The summed E-state index contributed by atoms with van der Waals surface area (Å²) in [5.74, 6) is -0.986. The number of nitrogens with zero attached hydrogens (tertiary/aromatic N) is 2. The number of carbonyl (C=O) groups is 2. The summed E-state index contributed by atoms with van der Waals surface area (Å²) < 4.78 is 40.8. The normalized spacial score (nSPS) is 10.9. The van der Waals surface area contributed by atoms with Crippen molar-refractivity contribution < 1.29 is 32.6 Å². The van der Waals surface area contributed by atoms with Gasteiger partial charge in [0.15, 0.2) is 6.61 Å². The van der Waals surface area contributed by atoms with Crippen LogP contribution in [-0.2, 0) is 11.2 Å². The van der Waals surface area contributed by atoms with E-state index in [-0.39, 0.29) is 12.2 Å². The molecule has 1 heterocycles. The zero-order chi connectivity index (χ0) is 19.9. The minimum atomic E-state index is -4.53. The van der Waals surface area contributed by atoms with Gasteiger partial charge in [-0.3, -0.25) is 10.1 Å². The van der Waals surface area contributed by atoms with E-state index in [2.05, 4.69) is 25.3 Å². The van der Waals surface area contributed by atoms with Crippen molar-refractivity contribution in [2.24, 2.45) is 0 Å². The maximum atomic E-state index is 12.1. The molecule has 0 unspecified atom stereocenters. The number of amides is 2. The highest BCUT2D eigenvalue weighted by Crippen LogP contribution is 2.17. The largest absolute Gasteiger partial charge is 0.481 e. The van der Waals surface area contributed by atoms with Crippen LogP contribution in [0.25, 0.3) is 0 Å². The number of anilines is 2. The minimum Gasteiger partial charge on any atom is -0.481 e. The van der Waals surface area contributed by atoms with Crippen molar-refractivity contribution >= 4 is 23.5 Å². The molecule has 8 nitrogen and oxygen atoms in total. The molecule has 2 amide bonds. The molecule has 0 atom stereocenters. The zero-order valence-electron chi connectivity index (χ0n) is 13.8. The number of nitrogens with one attached hydrogen (secondary N) is 2. The number of hydrogen-bond acceptors (Lipinski definition) is 5. The Bertz CT molecular complexity index is 814. The lowest BCUT2D eigenvalue weighted by atomic mass is 10.1. The summed E-state index contributed by atoms with van der Waals surface area (Å²) in [6, 6.07) is 6.65. The summed E-state index contributed by atoms with van der Waals surface area (Å²) in [4.78, 5) is 29.8. The van der Waals surface area contributed by atoms with Crippen molar-refractivity contribution in [2.45, 2.75) is 19.0 Å². The number of urea groups is 1. The molecule has 1 aromatic heterocycles. The Hall–Kier alpha value is -3.37. The maximum absolute atomic E-state index is 12.1. The fourth-order valence-corrected chi connectivity index (χ4v) is 1.96. The highest BCUT2D eigenvalue weighted by molar-refractivity contribution is 5.99. The van der Waals surface area contributed by atoms with Crippen LogP contribution in [0.15, 0.2) is 36.5 Å². The summed E-state index contributed by atoms with van der Waals surface area (Å²) in [5, 5.41) is 13.6. The minimum absolute atomic E-state index is 0.0444. The number of alkyl halides is 3. The van der Waals surface area contributed by atoms with Gasteiger partial charge in [-0.1, -0.05) is 12.1 Å². The first-order valence-corrected chi connectivity index (χ1v) is 7.62. The lowest BCUT2D eigenvalue weighted by molar-refractivity contribution is -0.154. The Labute approximate surface area is 151 Å². The Kier molecular flexibility index (Phi) is 6.52. The maximum Gasteiger partial charge on any atom is 0.422 e. The first kappa shape index (κ1) is 19.9. The van der Waals surface area contributed by atoms with E-state index in [0.717, 1.165) is 11.8 Å². The number of aryl methyl sites for hydroxylation is 1. The van der Waals surface area contributed by atoms with E-state index in [1.54, 1.807) is 24.3 Å². The van der Waals surface area contributed by atoms with Gasteiger partial charge in [-0.25, -0.2) is 9.78 Å². The molecule has 0 saturated carbocycles. The van der Waals surface area contributed by atoms with E-state index in [0.29, 0.717) is 12.1 Å². The third kappa shape index (κ3) is 7.59. The number of aliphatic carboxylic acids is 1. The molecule has 3 N–H and O–H groups in total. The van der Waals surface area contributed by atoms with Crippen LogP contribution < -0.4 is 15.4 Å². The van der Waals surface area contributed by atoms with Crippen LogP contribution in [0.1, 0.15) is 12.0 Å². The number of carboxylic acids is 1. The molecule has 144 valence electrons. The van der Waals surface area contributed by atoms with Crippen molar-refractivity contribution in [3.05, 3.63) is 42.1 Å². The van der Waals surface area contributed by atoms with E-state index in [1.807, 2.05) is 0 Å². The van der Waals surface area contributed by atoms with E-state index in [1.165, 1.54) is 6.07 Å². The number of benzene rings is 1. The Morgan fingerprint density at radius 2 is 1.96 bits per heavy atom. The number of aromatic nitrogens is 2. The van der Waals surface area contributed by atoms with Gasteiger partial charge in [-0.05, 0) is 30.2 Å². The summed E-state index contributed by atoms with van der Waals surface area (Å²) in [7, 11) is 0. The number of carboxylic acid groups (broad SMARTS) is 1. The number of hydrogen-bond donors (Lipinski definition) is 3. The van der Waals surface area contributed by atoms with E-state index < -0.39 is 30.8 Å². The van der Waals surface area contributed by atoms with Gasteiger partial charge >= 0.3 is 24.2 Å². The number of carbonyl (C=O) groups excluding carboxylic acids is 1. The number of ether oxygens (including phenoxy) is 1. The van der Waals surface area contributed by atoms with Crippen molar-refractivity contribution in [1.29, 1.82) is 0 Å². The summed E-state index contributed by atoms with van der Waals surface area (Å²) in [5.41, 5.74) is 1.14. The number of rotatable bonds is 7. The van der Waals surface area contributed by atoms with Crippen LogP contribution in [-0.4, -0.2) is 39.9 Å². The SMILES string of the molecule is O=C(O)CCc1cccc(NC(=O)Nc2ccnc(OCC(F)(F)F)n2)c1. The second kappa shape index (κ2) is 8.83. The molecule has 0 aliphatic carbocycles. The molecule has 2 aromatic rings. The zero-order valence-corrected chi connectivity index (χ0v) is 13.8. The monoisotopic (exact) mass is 384 g/mol. The quantitative estimate of drug-likeness (QED) is 0.676. The fourth-order valence-electron chi connectivity index (χ4n) is 1.96. The average molecular weight is 384 g/mol. The van der Waals surface area contributed by atoms with Gasteiger partial charge in [0.25, 0.3) is 0 Å². The third-order valence-electron chi connectivity index (χ3n) is 3.05. The van der Waals surface area contributed by atoms with E-state index >= 15 is 0 Å². The third-order valence-corrected chi connectivity index (χ3v) is 3.05. The van der Waals surface area contributed by atoms with Crippen LogP contribution in [0.2, 0.25) is 0 Å². The van der Waals surface area contributed by atoms with Crippen molar-refractivity contribution in [3.8, 4) is 6.01 Å². The molecule has 2 rings (SSSR count). The second-order valence-electron chi connectivity index (χ2n) is 5.30. The van der Waals surface area contributed by atoms with Gasteiger partial charge in [-0.2, -0.15) is 18.2 Å². The molecule has 0 aliphatic heterocycles. The smallest absolute Gasteiger partial charge is 0.422 e. The van der Waals surface area contributed by atoms with Crippen molar-refractivity contribution in [1.82, 2.24) is 9.97 Å². The lowest BCUT2D eigenvalue weighted by Crippen LogP contribution is -2.22. The Morgan fingerprint density at radius 1 is 1.19 bits per heavy atom. The van der Waals surface area contributed by atoms with Gasteiger partial charge in [-0.15, -0.1) is 0 Å². The summed E-state index contributed by atoms with van der Waals surface area (Å²) >= 11 is 0. The van der Waals surface area contributed by atoms with Crippen LogP contribution in [0.3, 0.4) is 0 Å². The Balaban J connectivity index is 1.94. The molecule has 0 fully saturated rings. The molecule has 0 radical (unpaired) electrons. The molecule has 1 aromatic carbocycles. The van der Waals surface area contributed by atoms with Gasteiger partial charge in [0, 0.05) is 18.3 Å².